The zero-order chi connectivity index (χ0) is 24.8. The van der Waals surface area contributed by atoms with Gasteiger partial charge in [-0.3, -0.25) is 9.69 Å². The van der Waals surface area contributed by atoms with Gasteiger partial charge in [-0.15, -0.1) is 0 Å². The fraction of sp³-hybridized carbons (Fsp3) is 0.704. The van der Waals surface area contributed by atoms with Crippen LogP contribution in [-0.2, 0) is 16.1 Å². The van der Waals surface area contributed by atoms with E-state index in [1.165, 1.54) is 5.56 Å². The molecule has 0 unspecified atom stereocenters. The zero-order valence-electron chi connectivity index (χ0n) is 21.7. The molecule has 4 rings (SSSR count). The summed E-state index contributed by atoms with van der Waals surface area (Å²) in [7, 11) is 0. The van der Waals surface area contributed by atoms with Gasteiger partial charge in [-0.05, 0) is 52.0 Å². The van der Waals surface area contributed by atoms with Crippen molar-refractivity contribution < 1.29 is 14.3 Å². The molecule has 1 aromatic rings. The van der Waals surface area contributed by atoms with Crippen LogP contribution in [0.25, 0.3) is 0 Å². The molecule has 194 valence electrons. The van der Waals surface area contributed by atoms with Crippen LogP contribution in [0, 0.1) is 5.92 Å². The molecule has 35 heavy (non-hydrogen) atoms. The van der Waals surface area contributed by atoms with E-state index in [1.54, 1.807) is 0 Å². The third-order valence-corrected chi connectivity index (χ3v) is 7.32. The number of piperazine rings is 1. The van der Waals surface area contributed by atoms with Gasteiger partial charge < -0.3 is 15.0 Å². The molecular weight excluding hydrogens is 442 g/mol. The van der Waals surface area contributed by atoms with Crippen LogP contribution in [0.15, 0.2) is 30.3 Å². The molecule has 1 N–H and O–H groups in total. The highest BCUT2D eigenvalue weighted by molar-refractivity contribution is 5.74. The van der Waals surface area contributed by atoms with Crippen molar-refractivity contribution in [2.75, 3.05) is 52.4 Å². The highest BCUT2D eigenvalue weighted by Gasteiger charge is 2.33. The number of hydrazine groups is 1. The number of benzene rings is 1. The number of piperidine rings is 2. The summed E-state index contributed by atoms with van der Waals surface area (Å²) in [5.41, 5.74) is 0.923. The number of likely N-dealkylation sites (tertiary alicyclic amines) is 1. The first-order chi connectivity index (χ1) is 16.8. The number of carbonyl (C=O) groups is 2. The predicted molar refractivity (Wildman–Crippen MR) is 137 cm³/mol. The lowest BCUT2D eigenvalue weighted by Crippen LogP contribution is -2.59. The summed E-state index contributed by atoms with van der Waals surface area (Å²) in [6.45, 7) is 13.7. The monoisotopic (exact) mass is 485 g/mol. The standard InChI is InChI=1S/C27H43N5O3/c1-27(2,3)35-25(33)23-9-15-31(16-10-23)32-19-17-30(18-20-32)26(34)28-24-11-13-29(14-12-24)21-22-7-5-4-6-8-22/h4-8,23-24H,9-21H2,1-3H3,(H,28,34). The molecule has 3 heterocycles. The van der Waals surface area contributed by atoms with E-state index in [2.05, 4.69) is 50.6 Å². The van der Waals surface area contributed by atoms with Gasteiger partial charge in [0.15, 0.2) is 0 Å². The number of urea groups is 1. The van der Waals surface area contributed by atoms with E-state index < -0.39 is 5.60 Å². The summed E-state index contributed by atoms with van der Waals surface area (Å²) < 4.78 is 5.57. The quantitative estimate of drug-likeness (QED) is 0.647. The van der Waals surface area contributed by atoms with Crippen LogP contribution >= 0.6 is 0 Å². The summed E-state index contributed by atoms with van der Waals surface area (Å²) in [6, 6.07) is 10.9. The normalized spacial score (nSPS) is 22.2. The topological polar surface area (TPSA) is 68.4 Å². The van der Waals surface area contributed by atoms with Crippen LogP contribution < -0.4 is 5.32 Å². The Morgan fingerprint density at radius 1 is 0.857 bits per heavy atom. The van der Waals surface area contributed by atoms with E-state index in [1.807, 2.05) is 25.7 Å². The van der Waals surface area contributed by atoms with E-state index in [4.69, 9.17) is 4.74 Å². The minimum atomic E-state index is -0.426. The first-order valence-electron chi connectivity index (χ1n) is 13.3. The van der Waals surface area contributed by atoms with Crippen LogP contribution in [0.5, 0.6) is 0 Å². The molecule has 3 saturated heterocycles. The van der Waals surface area contributed by atoms with Crippen molar-refractivity contribution in [1.29, 1.82) is 0 Å². The smallest absolute Gasteiger partial charge is 0.317 e. The molecular formula is C27H43N5O3. The molecule has 0 atom stereocenters. The molecule has 8 heteroatoms. The Balaban J connectivity index is 1.13. The summed E-state index contributed by atoms with van der Waals surface area (Å²) in [4.78, 5) is 29.7. The van der Waals surface area contributed by atoms with Crippen molar-refractivity contribution in [1.82, 2.24) is 25.1 Å². The van der Waals surface area contributed by atoms with Gasteiger partial charge in [-0.1, -0.05) is 30.3 Å². The fourth-order valence-electron chi connectivity index (χ4n) is 5.29. The van der Waals surface area contributed by atoms with Gasteiger partial charge in [0, 0.05) is 64.9 Å². The Labute approximate surface area is 210 Å². The number of ether oxygens (including phenoxy) is 1. The first-order valence-corrected chi connectivity index (χ1v) is 13.3. The van der Waals surface area contributed by atoms with Gasteiger partial charge in [0.1, 0.15) is 5.60 Å². The second-order valence-corrected chi connectivity index (χ2v) is 11.2. The summed E-state index contributed by atoms with van der Waals surface area (Å²) in [5.74, 6) is -0.0683. The molecule has 0 aromatic heterocycles. The lowest BCUT2D eigenvalue weighted by Gasteiger charge is -2.44. The van der Waals surface area contributed by atoms with Gasteiger partial charge in [-0.2, -0.15) is 0 Å². The molecule has 0 spiro atoms. The largest absolute Gasteiger partial charge is 0.460 e. The Bertz CT molecular complexity index is 819. The number of nitrogens with one attached hydrogen (secondary N) is 1. The molecule has 3 aliphatic heterocycles. The maximum atomic E-state index is 12.9. The third kappa shape index (κ3) is 7.66. The first kappa shape index (κ1) is 25.9. The fourth-order valence-corrected chi connectivity index (χ4v) is 5.29. The van der Waals surface area contributed by atoms with Crippen LogP contribution in [-0.4, -0.2) is 95.8 Å². The van der Waals surface area contributed by atoms with Crippen molar-refractivity contribution in [2.24, 2.45) is 5.92 Å². The number of hydrogen-bond acceptors (Lipinski definition) is 6. The second kappa shape index (κ2) is 11.7. The van der Waals surface area contributed by atoms with Crippen molar-refractivity contribution in [2.45, 2.75) is 64.6 Å². The molecule has 3 fully saturated rings. The Morgan fingerprint density at radius 2 is 1.46 bits per heavy atom. The van der Waals surface area contributed by atoms with Gasteiger partial charge in [0.05, 0.1) is 5.92 Å². The average molecular weight is 486 g/mol. The summed E-state index contributed by atoms with van der Waals surface area (Å²) in [6.07, 6.45) is 3.67. The van der Waals surface area contributed by atoms with E-state index in [-0.39, 0.29) is 24.0 Å². The number of amides is 2. The molecule has 8 nitrogen and oxygen atoms in total. The number of nitrogens with zero attached hydrogens (tertiary/aromatic N) is 4. The highest BCUT2D eigenvalue weighted by atomic mass is 16.6. The van der Waals surface area contributed by atoms with Crippen LogP contribution in [0.2, 0.25) is 0 Å². The number of hydrogen-bond donors (Lipinski definition) is 1. The van der Waals surface area contributed by atoms with Crippen LogP contribution in [0.1, 0.15) is 52.0 Å². The van der Waals surface area contributed by atoms with Crippen molar-refractivity contribution in [3.63, 3.8) is 0 Å². The third-order valence-electron chi connectivity index (χ3n) is 7.32. The maximum absolute atomic E-state index is 12.9. The van der Waals surface area contributed by atoms with E-state index in [9.17, 15) is 9.59 Å². The molecule has 0 saturated carbocycles. The van der Waals surface area contributed by atoms with Gasteiger partial charge >= 0.3 is 12.0 Å². The Hall–Kier alpha value is -2.16. The molecule has 1 aromatic carbocycles. The highest BCUT2D eigenvalue weighted by Crippen LogP contribution is 2.23. The maximum Gasteiger partial charge on any atom is 0.317 e. The van der Waals surface area contributed by atoms with E-state index in [0.717, 1.165) is 84.6 Å². The minimum Gasteiger partial charge on any atom is -0.460 e. The molecule has 0 radical (unpaired) electrons. The molecule has 0 aliphatic carbocycles. The van der Waals surface area contributed by atoms with Crippen LogP contribution in [0.3, 0.4) is 0 Å². The van der Waals surface area contributed by atoms with E-state index >= 15 is 0 Å². The van der Waals surface area contributed by atoms with Gasteiger partial charge in [0.2, 0.25) is 0 Å². The lowest BCUT2D eigenvalue weighted by atomic mass is 9.97. The minimum absolute atomic E-state index is 0.00310. The zero-order valence-corrected chi connectivity index (χ0v) is 21.7. The summed E-state index contributed by atoms with van der Waals surface area (Å²) >= 11 is 0. The molecule has 2 amide bonds. The SMILES string of the molecule is CC(C)(C)OC(=O)C1CCN(N2CCN(C(=O)NC3CCN(Cc4ccccc4)CC3)CC2)CC1. The van der Waals surface area contributed by atoms with Gasteiger partial charge in [-0.25, -0.2) is 14.8 Å². The van der Waals surface area contributed by atoms with Crippen LogP contribution in [0.4, 0.5) is 4.79 Å². The average Bonchev–Trinajstić information content (AvgIpc) is 2.85. The van der Waals surface area contributed by atoms with Crippen molar-refractivity contribution >= 4 is 12.0 Å². The summed E-state index contributed by atoms with van der Waals surface area (Å²) in [5, 5.41) is 8.00. The van der Waals surface area contributed by atoms with Crippen molar-refractivity contribution in [3.05, 3.63) is 35.9 Å². The number of esters is 1. The van der Waals surface area contributed by atoms with Crippen molar-refractivity contribution in [3.8, 4) is 0 Å². The van der Waals surface area contributed by atoms with Gasteiger partial charge in [0.25, 0.3) is 0 Å². The number of rotatable bonds is 5. The lowest BCUT2D eigenvalue weighted by molar-refractivity contribution is -0.164. The van der Waals surface area contributed by atoms with E-state index in [0.29, 0.717) is 0 Å². The second-order valence-electron chi connectivity index (χ2n) is 11.2. The predicted octanol–water partition coefficient (Wildman–Crippen LogP) is 2.95. The Kier molecular flexibility index (Phi) is 8.68. The number of carbonyl (C=O) groups excluding carboxylic acids is 2. The molecule has 3 aliphatic rings. The Morgan fingerprint density at radius 3 is 2.06 bits per heavy atom. The molecule has 0 bridgehead atoms.